The molecule has 3 N–H and O–H groups in total. The number of hydrazine groups is 1. The number of hydrogen-bond donors (Lipinski definition) is 2. The normalized spacial score (nSPS) is 30.8. The van der Waals surface area contributed by atoms with E-state index in [4.69, 9.17) is 5.73 Å². The number of nitrogens with two attached hydrogens (primary N) is 1. The van der Waals surface area contributed by atoms with Crippen LogP contribution in [0.5, 0.6) is 0 Å². The van der Waals surface area contributed by atoms with Crippen molar-refractivity contribution >= 4 is 11.8 Å². The van der Waals surface area contributed by atoms with E-state index in [1.165, 1.54) is 17.9 Å². The molecule has 0 saturated carbocycles. The third kappa shape index (κ3) is 3.34. The Bertz CT molecular complexity index is 200. The Morgan fingerprint density at radius 2 is 2.12 bits per heavy atom. The fraction of sp³-hybridized carbons (Fsp3) is 1.00. The van der Waals surface area contributed by atoms with Crippen LogP contribution in [0.3, 0.4) is 0 Å². The quantitative estimate of drug-likeness (QED) is 0.718. The van der Waals surface area contributed by atoms with Crippen molar-refractivity contribution in [3.63, 3.8) is 0 Å². The highest BCUT2D eigenvalue weighted by Crippen LogP contribution is 2.26. The van der Waals surface area contributed by atoms with Gasteiger partial charge in [-0.25, -0.2) is 5.01 Å². The number of likely N-dealkylation sites (N-methyl/N-ethyl adjacent to an activating group) is 1. The van der Waals surface area contributed by atoms with Gasteiger partial charge in [-0.15, -0.1) is 0 Å². The van der Waals surface area contributed by atoms with E-state index in [1.807, 2.05) is 0 Å². The molecule has 0 aromatic rings. The summed E-state index contributed by atoms with van der Waals surface area (Å²) in [5.74, 6) is 3.36. The lowest BCUT2D eigenvalue weighted by atomic mass is 10.00. The number of nitrogens with zero attached hydrogens (tertiary/aromatic N) is 2. The molecule has 5 heteroatoms. The Morgan fingerprint density at radius 3 is 2.69 bits per heavy atom. The van der Waals surface area contributed by atoms with Crippen molar-refractivity contribution in [2.75, 3.05) is 51.3 Å². The molecular weight excluding hydrogens is 220 g/mol. The van der Waals surface area contributed by atoms with Crippen molar-refractivity contribution in [3.8, 4) is 0 Å². The summed E-state index contributed by atoms with van der Waals surface area (Å²) in [7, 11) is 2.19. The van der Waals surface area contributed by atoms with Gasteiger partial charge >= 0.3 is 0 Å². The zero-order valence-corrected chi connectivity index (χ0v) is 11.0. The molecule has 16 heavy (non-hydrogen) atoms. The molecule has 2 heterocycles. The van der Waals surface area contributed by atoms with E-state index < -0.39 is 0 Å². The van der Waals surface area contributed by atoms with Gasteiger partial charge in [0.05, 0.1) is 0 Å². The van der Waals surface area contributed by atoms with Crippen LogP contribution in [-0.4, -0.2) is 67.2 Å². The summed E-state index contributed by atoms with van der Waals surface area (Å²) in [6.45, 7) is 5.31. The lowest BCUT2D eigenvalue weighted by molar-refractivity contribution is 0.0775. The van der Waals surface area contributed by atoms with Crippen LogP contribution in [0.1, 0.15) is 6.42 Å². The van der Waals surface area contributed by atoms with Gasteiger partial charge in [-0.05, 0) is 30.9 Å². The molecule has 0 aromatic heterocycles. The van der Waals surface area contributed by atoms with Gasteiger partial charge in [-0.2, -0.15) is 11.8 Å². The summed E-state index contributed by atoms with van der Waals surface area (Å²) >= 11 is 2.07. The van der Waals surface area contributed by atoms with Crippen molar-refractivity contribution in [1.29, 1.82) is 0 Å². The minimum absolute atomic E-state index is 0.485. The van der Waals surface area contributed by atoms with Gasteiger partial charge in [-0.3, -0.25) is 5.43 Å². The molecular formula is C11H24N4S. The first-order chi connectivity index (χ1) is 7.79. The average molecular weight is 244 g/mol. The summed E-state index contributed by atoms with van der Waals surface area (Å²) in [4.78, 5) is 2.38. The predicted molar refractivity (Wildman–Crippen MR) is 70.5 cm³/mol. The molecule has 2 atom stereocenters. The molecule has 94 valence electrons. The van der Waals surface area contributed by atoms with Crippen LogP contribution < -0.4 is 11.2 Å². The summed E-state index contributed by atoms with van der Waals surface area (Å²) in [5.41, 5.74) is 9.52. The maximum Gasteiger partial charge on any atom is 0.0374 e. The zero-order valence-electron chi connectivity index (χ0n) is 10.2. The molecule has 0 amide bonds. The van der Waals surface area contributed by atoms with Gasteiger partial charge in [0.1, 0.15) is 0 Å². The molecule has 2 fully saturated rings. The highest BCUT2D eigenvalue weighted by atomic mass is 32.2. The van der Waals surface area contributed by atoms with Crippen molar-refractivity contribution in [2.45, 2.75) is 12.5 Å². The molecule has 2 aliphatic rings. The van der Waals surface area contributed by atoms with Gasteiger partial charge in [-0.1, -0.05) is 0 Å². The smallest absolute Gasteiger partial charge is 0.0374 e. The molecule has 0 bridgehead atoms. The molecule has 2 saturated heterocycles. The molecule has 2 rings (SSSR count). The number of rotatable bonds is 4. The standard InChI is InChI=1S/C11H24N4S/c1-14-3-5-15(6-4-14)13-11(8-12)10-2-7-16-9-10/h10-11,13H,2-9,12H2,1H3. The minimum Gasteiger partial charge on any atom is -0.329 e. The maximum atomic E-state index is 5.89. The van der Waals surface area contributed by atoms with E-state index in [9.17, 15) is 0 Å². The van der Waals surface area contributed by atoms with E-state index in [0.717, 1.165) is 38.6 Å². The van der Waals surface area contributed by atoms with Gasteiger partial charge in [0, 0.05) is 38.8 Å². The number of hydrogen-bond acceptors (Lipinski definition) is 5. The molecule has 2 aliphatic heterocycles. The largest absolute Gasteiger partial charge is 0.329 e. The molecule has 0 spiro atoms. The van der Waals surface area contributed by atoms with Gasteiger partial charge in [0.15, 0.2) is 0 Å². The highest BCUT2D eigenvalue weighted by molar-refractivity contribution is 7.99. The Labute approximate surface area is 103 Å². The van der Waals surface area contributed by atoms with Gasteiger partial charge in [0.2, 0.25) is 0 Å². The van der Waals surface area contributed by atoms with Crippen LogP contribution in [0.15, 0.2) is 0 Å². The minimum atomic E-state index is 0.485. The van der Waals surface area contributed by atoms with Gasteiger partial charge in [0.25, 0.3) is 0 Å². The zero-order chi connectivity index (χ0) is 11.4. The average Bonchev–Trinajstić information content (AvgIpc) is 2.82. The Hall–Kier alpha value is 0.190. The van der Waals surface area contributed by atoms with Crippen molar-refractivity contribution < 1.29 is 0 Å². The fourth-order valence-electron chi connectivity index (χ4n) is 2.39. The lowest BCUT2D eigenvalue weighted by Crippen LogP contribution is -2.57. The Morgan fingerprint density at radius 1 is 1.38 bits per heavy atom. The highest BCUT2D eigenvalue weighted by Gasteiger charge is 2.26. The first kappa shape index (κ1) is 12.6. The van der Waals surface area contributed by atoms with E-state index >= 15 is 0 Å². The molecule has 0 radical (unpaired) electrons. The third-order valence-electron chi connectivity index (χ3n) is 3.64. The van der Waals surface area contributed by atoms with Crippen LogP contribution >= 0.6 is 11.8 Å². The molecule has 4 nitrogen and oxygen atoms in total. The van der Waals surface area contributed by atoms with Gasteiger partial charge < -0.3 is 10.6 Å². The third-order valence-corrected chi connectivity index (χ3v) is 4.83. The van der Waals surface area contributed by atoms with Crippen molar-refractivity contribution in [2.24, 2.45) is 11.7 Å². The maximum absolute atomic E-state index is 5.89. The van der Waals surface area contributed by atoms with Crippen LogP contribution in [0.4, 0.5) is 0 Å². The van der Waals surface area contributed by atoms with E-state index in [0.29, 0.717) is 6.04 Å². The fourth-order valence-corrected chi connectivity index (χ4v) is 3.73. The first-order valence-electron chi connectivity index (χ1n) is 6.27. The number of thioether (sulfide) groups is 1. The molecule has 2 unspecified atom stereocenters. The summed E-state index contributed by atoms with van der Waals surface area (Å²) in [6, 6.07) is 0.485. The second-order valence-electron chi connectivity index (χ2n) is 4.89. The Balaban J connectivity index is 1.77. The van der Waals surface area contributed by atoms with Crippen molar-refractivity contribution in [1.82, 2.24) is 15.3 Å². The predicted octanol–water partition coefficient (Wildman–Crippen LogP) is -0.181. The van der Waals surface area contributed by atoms with E-state index in [1.54, 1.807) is 0 Å². The second kappa shape index (κ2) is 6.21. The monoisotopic (exact) mass is 244 g/mol. The van der Waals surface area contributed by atoms with Crippen LogP contribution in [0.25, 0.3) is 0 Å². The topological polar surface area (TPSA) is 44.5 Å². The molecule has 0 aliphatic carbocycles. The summed E-state index contributed by atoms with van der Waals surface area (Å²) in [5, 5.41) is 2.36. The first-order valence-corrected chi connectivity index (χ1v) is 7.42. The Kier molecular flexibility index (Phi) is 4.91. The summed E-state index contributed by atoms with van der Waals surface area (Å²) < 4.78 is 0. The SMILES string of the molecule is CN1CCN(NC(CN)C2CCSC2)CC1. The number of piperazine rings is 1. The lowest BCUT2D eigenvalue weighted by Gasteiger charge is -2.36. The summed E-state index contributed by atoms with van der Waals surface area (Å²) in [6.07, 6.45) is 1.33. The van der Waals surface area contributed by atoms with Crippen LogP contribution in [0.2, 0.25) is 0 Å². The van der Waals surface area contributed by atoms with Crippen LogP contribution in [-0.2, 0) is 0 Å². The molecule has 0 aromatic carbocycles. The number of nitrogens with one attached hydrogen (secondary N) is 1. The van der Waals surface area contributed by atoms with Crippen molar-refractivity contribution in [3.05, 3.63) is 0 Å². The van der Waals surface area contributed by atoms with E-state index in [2.05, 4.69) is 34.1 Å². The van der Waals surface area contributed by atoms with Crippen LogP contribution in [0, 0.1) is 5.92 Å². The van der Waals surface area contributed by atoms with E-state index in [-0.39, 0.29) is 0 Å². The second-order valence-corrected chi connectivity index (χ2v) is 6.04.